The lowest BCUT2D eigenvalue weighted by Gasteiger charge is -2.10. The van der Waals surface area contributed by atoms with Crippen molar-refractivity contribution in [3.63, 3.8) is 0 Å². The van der Waals surface area contributed by atoms with Gasteiger partial charge in [0.25, 0.3) is 5.69 Å². The molecule has 2 aromatic carbocycles. The van der Waals surface area contributed by atoms with Gasteiger partial charge < -0.3 is 15.4 Å². The Balaban J connectivity index is 2.17. The predicted octanol–water partition coefficient (Wildman–Crippen LogP) is 3.34. The minimum atomic E-state index is -0.740. The van der Waals surface area contributed by atoms with Gasteiger partial charge in [-0.1, -0.05) is 12.1 Å². The summed E-state index contributed by atoms with van der Waals surface area (Å²) >= 11 is 0. The summed E-state index contributed by atoms with van der Waals surface area (Å²) < 4.78 is 4.88. The second-order valence-corrected chi connectivity index (χ2v) is 5.44. The van der Waals surface area contributed by atoms with Crippen LogP contribution in [-0.2, 0) is 16.1 Å². The number of anilines is 2. The van der Waals surface area contributed by atoms with Gasteiger partial charge in [0.05, 0.1) is 11.5 Å². The number of rotatable bonds is 7. The van der Waals surface area contributed by atoms with Crippen molar-refractivity contribution in [3.05, 3.63) is 63.7 Å². The standard InChI is InChI=1S/C18H19N3O5/c1-3-26-18(23)16-10-14(7-8-17(16)21(24)25)19-11-13-5-4-6-15(9-13)20-12(2)22/h4-10,19H,3,11H2,1-2H3,(H,20,22). The molecule has 0 unspecified atom stereocenters. The number of hydrogen-bond donors (Lipinski definition) is 2. The van der Waals surface area contributed by atoms with Crippen LogP contribution in [0.5, 0.6) is 0 Å². The number of amides is 1. The van der Waals surface area contributed by atoms with Crippen molar-refractivity contribution < 1.29 is 19.2 Å². The number of ether oxygens (including phenoxy) is 1. The van der Waals surface area contributed by atoms with Crippen LogP contribution < -0.4 is 10.6 Å². The summed E-state index contributed by atoms with van der Waals surface area (Å²) in [6.45, 7) is 3.60. The topological polar surface area (TPSA) is 111 Å². The molecule has 0 heterocycles. The third-order valence-corrected chi connectivity index (χ3v) is 3.43. The third kappa shape index (κ3) is 5.04. The Hall–Kier alpha value is -3.42. The van der Waals surface area contributed by atoms with Crippen LogP contribution in [-0.4, -0.2) is 23.4 Å². The van der Waals surface area contributed by atoms with Crippen LogP contribution in [0.3, 0.4) is 0 Å². The third-order valence-electron chi connectivity index (χ3n) is 3.43. The quantitative estimate of drug-likeness (QED) is 0.447. The lowest BCUT2D eigenvalue weighted by Crippen LogP contribution is -2.09. The first-order valence-corrected chi connectivity index (χ1v) is 7.96. The summed E-state index contributed by atoms with van der Waals surface area (Å²) in [7, 11) is 0. The molecule has 136 valence electrons. The smallest absolute Gasteiger partial charge is 0.345 e. The van der Waals surface area contributed by atoms with Crippen LogP contribution >= 0.6 is 0 Å². The molecule has 0 spiro atoms. The minimum Gasteiger partial charge on any atom is -0.462 e. The number of carbonyl (C=O) groups is 2. The normalized spacial score (nSPS) is 10.1. The van der Waals surface area contributed by atoms with Crippen molar-refractivity contribution in [1.29, 1.82) is 0 Å². The molecule has 0 aromatic heterocycles. The maximum Gasteiger partial charge on any atom is 0.345 e. The molecule has 0 atom stereocenters. The number of esters is 1. The lowest BCUT2D eigenvalue weighted by molar-refractivity contribution is -0.385. The molecule has 0 saturated carbocycles. The second-order valence-electron chi connectivity index (χ2n) is 5.44. The molecule has 0 bridgehead atoms. The number of nitro benzene ring substituents is 1. The Morgan fingerprint density at radius 2 is 1.92 bits per heavy atom. The Labute approximate surface area is 150 Å². The first-order valence-electron chi connectivity index (χ1n) is 7.96. The van der Waals surface area contributed by atoms with Gasteiger partial charge in [-0.05, 0) is 36.8 Å². The molecule has 0 fully saturated rings. The lowest BCUT2D eigenvalue weighted by atomic mass is 10.1. The average molecular weight is 357 g/mol. The molecule has 2 aromatic rings. The Bertz CT molecular complexity index is 835. The highest BCUT2D eigenvalue weighted by molar-refractivity contribution is 5.95. The van der Waals surface area contributed by atoms with Gasteiger partial charge in [-0.3, -0.25) is 14.9 Å². The number of benzene rings is 2. The van der Waals surface area contributed by atoms with E-state index in [0.717, 1.165) is 5.56 Å². The second kappa shape index (κ2) is 8.61. The monoisotopic (exact) mass is 357 g/mol. The first kappa shape index (κ1) is 18.9. The SMILES string of the molecule is CCOC(=O)c1cc(NCc2cccc(NC(C)=O)c2)ccc1[N+](=O)[O-]. The van der Waals surface area contributed by atoms with Gasteiger partial charge >= 0.3 is 5.97 Å². The van der Waals surface area contributed by atoms with Crippen molar-refractivity contribution in [2.24, 2.45) is 0 Å². The molecule has 1 amide bonds. The van der Waals surface area contributed by atoms with E-state index in [-0.39, 0.29) is 23.8 Å². The van der Waals surface area contributed by atoms with Crippen LogP contribution in [0.2, 0.25) is 0 Å². The Kier molecular flexibility index (Phi) is 6.26. The summed E-state index contributed by atoms with van der Waals surface area (Å²) in [5.74, 6) is -0.903. The zero-order valence-corrected chi connectivity index (χ0v) is 14.4. The van der Waals surface area contributed by atoms with Crippen molar-refractivity contribution >= 4 is 28.9 Å². The number of nitro groups is 1. The van der Waals surface area contributed by atoms with Crippen LogP contribution in [0, 0.1) is 10.1 Å². The summed E-state index contributed by atoms with van der Waals surface area (Å²) in [5, 5.41) is 16.9. The number of nitrogens with one attached hydrogen (secondary N) is 2. The summed E-state index contributed by atoms with van der Waals surface area (Å²) in [4.78, 5) is 33.5. The Morgan fingerprint density at radius 3 is 2.58 bits per heavy atom. The molecule has 0 aliphatic heterocycles. The fourth-order valence-electron chi connectivity index (χ4n) is 2.34. The fourth-order valence-corrected chi connectivity index (χ4v) is 2.34. The highest BCUT2D eigenvalue weighted by Crippen LogP contribution is 2.24. The van der Waals surface area contributed by atoms with Crippen molar-refractivity contribution in [2.75, 3.05) is 17.2 Å². The van der Waals surface area contributed by atoms with Crippen LogP contribution in [0.25, 0.3) is 0 Å². The molecule has 0 aliphatic carbocycles. The fraction of sp³-hybridized carbons (Fsp3) is 0.222. The Morgan fingerprint density at radius 1 is 1.15 bits per heavy atom. The summed E-state index contributed by atoms with van der Waals surface area (Å²) in [5.41, 5.74) is 1.71. The van der Waals surface area contributed by atoms with Crippen molar-refractivity contribution in [1.82, 2.24) is 0 Å². The van der Waals surface area contributed by atoms with E-state index in [9.17, 15) is 19.7 Å². The molecule has 8 heteroatoms. The molecule has 0 saturated heterocycles. The molecule has 0 radical (unpaired) electrons. The van der Waals surface area contributed by atoms with E-state index in [2.05, 4.69) is 10.6 Å². The van der Waals surface area contributed by atoms with E-state index in [4.69, 9.17) is 4.74 Å². The maximum absolute atomic E-state index is 11.9. The first-order chi connectivity index (χ1) is 12.4. The van der Waals surface area contributed by atoms with Gasteiger partial charge in [0.2, 0.25) is 5.91 Å². The molecule has 2 rings (SSSR count). The predicted molar refractivity (Wildman–Crippen MR) is 97.1 cm³/mol. The van der Waals surface area contributed by atoms with Crippen LogP contribution in [0.15, 0.2) is 42.5 Å². The van der Waals surface area contributed by atoms with E-state index in [1.807, 2.05) is 18.2 Å². The highest BCUT2D eigenvalue weighted by Gasteiger charge is 2.21. The minimum absolute atomic E-state index is 0.103. The highest BCUT2D eigenvalue weighted by atomic mass is 16.6. The molecule has 2 N–H and O–H groups in total. The molecule has 0 aliphatic rings. The molecular formula is C18H19N3O5. The van der Waals surface area contributed by atoms with Crippen molar-refractivity contribution in [2.45, 2.75) is 20.4 Å². The van der Waals surface area contributed by atoms with Crippen molar-refractivity contribution in [3.8, 4) is 0 Å². The summed E-state index contributed by atoms with van der Waals surface area (Å²) in [6, 6.07) is 11.5. The number of carbonyl (C=O) groups excluding carboxylic acids is 2. The zero-order chi connectivity index (χ0) is 19.1. The summed E-state index contributed by atoms with van der Waals surface area (Å²) in [6.07, 6.45) is 0. The molecule has 26 heavy (non-hydrogen) atoms. The van der Waals surface area contributed by atoms with Gasteiger partial charge in [-0.15, -0.1) is 0 Å². The van der Waals surface area contributed by atoms with Gasteiger partial charge in [-0.25, -0.2) is 4.79 Å². The van der Waals surface area contributed by atoms with Gasteiger partial charge in [-0.2, -0.15) is 0 Å². The largest absolute Gasteiger partial charge is 0.462 e. The van der Waals surface area contributed by atoms with Crippen LogP contribution in [0.1, 0.15) is 29.8 Å². The number of nitrogens with zero attached hydrogens (tertiary/aromatic N) is 1. The average Bonchev–Trinajstić information content (AvgIpc) is 2.59. The maximum atomic E-state index is 11.9. The molecule has 8 nitrogen and oxygen atoms in total. The van der Waals surface area contributed by atoms with E-state index in [1.165, 1.54) is 25.1 Å². The van der Waals surface area contributed by atoms with Crippen LogP contribution in [0.4, 0.5) is 17.1 Å². The van der Waals surface area contributed by atoms with E-state index in [1.54, 1.807) is 13.0 Å². The zero-order valence-electron chi connectivity index (χ0n) is 14.4. The van der Waals surface area contributed by atoms with Gasteiger partial charge in [0, 0.05) is 30.9 Å². The van der Waals surface area contributed by atoms with E-state index < -0.39 is 10.9 Å². The van der Waals surface area contributed by atoms with Gasteiger partial charge in [0.1, 0.15) is 5.56 Å². The van der Waals surface area contributed by atoms with Gasteiger partial charge in [0.15, 0.2) is 0 Å². The number of hydrogen-bond acceptors (Lipinski definition) is 6. The van der Waals surface area contributed by atoms with E-state index in [0.29, 0.717) is 17.9 Å². The van der Waals surface area contributed by atoms with E-state index >= 15 is 0 Å². The molecular weight excluding hydrogens is 338 g/mol.